The number of nitrogens with two attached hydrogens (primary N) is 1. The molecule has 0 aliphatic rings. The van der Waals surface area contributed by atoms with Gasteiger partial charge in [-0.05, 0) is 12.1 Å². The monoisotopic (exact) mass is 282 g/mol. The minimum Gasteiger partial charge on any atom is -0.495 e. The number of anilines is 1. The summed E-state index contributed by atoms with van der Waals surface area (Å²) in [6.07, 6.45) is 1.56. The standard InChI is InChI=1S/C11H14N4O3S/c1-15-6-9(13-14-15)7-19(16,17)11-4-3-8(12)5-10(11)18-2/h3-6H,7,12H2,1-2H3. The number of hydrogen-bond acceptors (Lipinski definition) is 6. The first-order valence-corrected chi connectivity index (χ1v) is 7.09. The second-order valence-electron chi connectivity index (χ2n) is 4.05. The van der Waals surface area contributed by atoms with E-state index in [1.54, 1.807) is 13.2 Å². The van der Waals surface area contributed by atoms with Gasteiger partial charge in [0, 0.05) is 25.0 Å². The number of sulfone groups is 1. The average molecular weight is 282 g/mol. The van der Waals surface area contributed by atoms with E-state index in [0.29, 0.717) is 11.4 Å². The molecule has 1 heterocycles. The van der Waals surface area contributed by atoms with E-state index >= 15 is 0 Å². The van der Waals surface area contributed by atoms with Crippen molar-refractivity contribution in [1.29, 1.82) is 0 Å². The van der Waals surface area contributed by atoms with Crippen molar-refractivity contribution < 1.29 is 13.2 Å². The first-order valence-electron chi connectivity index (χ1n) is 5.44. The van der Waals surface area contributed by atoms with Crippen LogP contribution in [0.1, 0.15) is 5.69 Å². The maximum atomic E-state index is 12.3. The third-order valence-electron chi connectivity index (χ3n) is 2.51. The molecule has 7 nitrogen and oxygen atoms in total. The Hall–Kier alpha value is -2.09. The highest BCUT2D eigenvalue weighted by molar-refractivity contribution is 7.90. The van der Waals surface area contributed by atoms with E-state index in [2.05, 4.69) is 10.3 Å². The van der Waals surface area contributed by atoms with Crippen molar-refractivity contribution in [3.8, 4) is 5.75 Å². The Morgan fingerprint density at radius 1 is 1.42 bits per heavy atom. The molecule has 2 N–H and O–H groups in total. The van der Waals surface area contributed by atoms with Gasteiger partial charge in [-0.25, -0.2) is 8.42 Å². The number of hydrogen-bond donors (Lipinski definition) is 1. The Kier molecular flexibility index (Phi) is 3.43. The van der Waals surface area contributed by atoms with Crippen LogP contribution in [0.5, 0.6) is 5.75 Å². The minimum atomic E-state index is -3.56. The summed E-state index contributed by atoms with van der Waals surface area (Å²) in [6.45, 7) is 0. The number of methoxy groups -OCH3 is 1. The number of aryl methyl sites for hydroxylation is 1. The van der Waals surface area contributed by atoms with Gasteiger partial charge in [0.1, 0.15) is 16.4 Å². The SMILES string of the molecule is COc1cc(N)ccc1S(=O)(=O)Cc1cn(C)nn1. The fourth-order valence-corrected chi connectivity index (χ4v) is 3.08. The molecule has 0 amide bonds. The van der Waals surface area contributed by atoms with Crippen LogP contribution in [0.25, 0.3) is 0 Å². The quantitative estimate of drug-likeness (QED) is 0.814. The van der Waals surface area contributed by atoms with Gasteiger partial charge in [-0.15, -0.1) is 5.10 Å². The predicted molar refractivity (Wildman–Crippen MR) is 69.3 cm³/mol. The zero-order chi connectivity index (χ0) is 14.0. The molecular weight excluding hydrogens is 268 g/mol. The summed E-state index contributed by atoms with van der Waals surface area (Å²) in [5.74, 6) is -0.00918. The third kappa shape index (κ3) is 2.84. The minimum absolute atomic E-state index is 0.0925. The van der Waals surface area contributed by atoms with Gasteiger partial charge in [0.15, 0.2) is 9.84 Å². The Bertz CT molecular complexity index is 694. The lowest BCUT2D eigenvalue weighted by Crippen LogP contribution is -2.07. The zero-order valence-corrected chi connectivity index (χ0v) is 11.4. The van der Waals surface area contributed by atoms with Gasteiger partial charge in [0.2, 0.25) is 0 Å². The van der Waals surface area contributed by atoms with Crippen LogP contribution in [0, 0.1) is 0 Å². The summed E-state index contributed by atoms with van der Waals surface area (Å²) in [5, 5.41) is 7.47. The van der Waals surface area contributed by atoms with Crippen molar-refractivity contribution in [2.45, 2.75) is 10.6 Å². The molecular formula is C11H14N4O3S. The summed E-state index contributed by atoms with van der Waals surface area (Å²) in [4.78, 5) is 0.0925. The van der Waals surface area contributed by atoms with Crippen molar-refractivity contribution in [3.05, 3.63) is 30.1 Å². The molecule has 2 rings (SSSR count). The Morgan fingerprint density at radius 2 is 2.16 bits per heavy atom. The van der Waals surface area contributed by atoms with E-state index in [-0.39, 0.29) is 16.4 Å². The Labute approximate surface area is 110 Å². The Balaban J connectivity index is 2.39. The molecule has 0 unspecified atom stereocenters. The van der Waals surface area contributed by atoms with Crippen LogP contribution >= 0.6 is 0 Å². The van der Waals surface area contributed by atoms with Crippen molar-refractivity contribution >= 4 is 15.5 Å². The molecule has 0 radical (unpaired) electrons. The normalized spacial score (nSPS) is 11.5. The molecule has 0 aliphatic carbocycles. The molecule has 0 saturated carbocycles. The highest BCUT2D eigenvalue weighted by Crippen LogP contribution is 2.28. The van der Waals surface area contributed by atoms with Crippen LogP contribution < -0.4 is 10.5 Å². The topological polar surface area (TPSA) is 100 Å². The summed E-state index contributed by atoms with van der Waals surface area (Å²) < 4.78 is 31.1. The van der Waals surface area contributed by atoms with Crippen molar-refractivity contribution in [2.24, 2.45) is 7.05 Å². The lowest BCUT2D eigenvalue weighted by Gasteiger charge is -2.09. The largest absolute Gasteiger partial charge is 0.495 e. The van der Waals surface area contributed by atoms with Gasteiger partial charge in [-0.1, -0.05) is 5.21 Å². The van der Waals surface area contributed by atoms with E-state index in [1.807, 2.05) is 0 Å². The van der Waals surface area contributed by atoms with Crippen molar-refractivity contribution in [2.75, 3.05) is 12.8 Å². The number of nitrogens with zero attached hydrogens (tertiary/aromatic N) is 3. The first-order chi connectivity index (χ1) is 8.92. The third-order valence-corrected chi connectivity index (χ3v) is 4.19. The molecule has 8 heteroatoms. The average Bonchev–Trinajstić information content (AvgIpc) is 2.73. The fourth-order valence-electron chi connectivity index (χ4n) is 1.67. The van der Waals surface area contributed by atoms with E-state index in [4.69, 9.17) is 10.5 Å². The molecule has 102 valence electrons. The van der Waals surface area contributed by atoms with Gasteiger partial charge in [0.05, 0.1) is 12.8 Å². The highest BCUT2D eigenvalue weighted by atomic mass is 32.2. The number of benzene rings is 1. The lowest BCUT2D eigenvalue weighted by atomic mass is 10.3. The van der Waals surface area contributed by atoms with Crippen LogP contribution in [0.4, 0.5) is 5.69 Å². The molecule has 0 saturated heterocycles. The number of ether oxygens (including phenoxy) is 1. The maximum Gasteiger partial charge on any atom is 0.187 e. The highest BCUT2D eigenvalue weighted by Gasteiger charge is 2.21. The number of nitrogen functional groups attached to an aromatic ring is 1. The van der Waals surface area contributed by atoms with Gasteiger partial charge >= 0.3 is 0 Å². The molecule has 0 bridgehead atoms. The predicted octanol–water partition coefficient (Wildman–Crippen LogP) is 0.380. The second-order valence-corrected chi connectivity index (χ2v) is 6.01. The zero-order valence-electron chi connectivity index (χ0n) is 10.6. The lowest BCUT2D eigenvalue weighted by molar-refractivity contribution is 0.403. The molecule has 0 aliphatic heterocycles. The van der Waals surface area contributed by atoms with Gasteiger partial charge in [-0.2, -0.15) is 0 Å². The molecule has 2 aromatic rings. The van der Waals surface area contributed by atoms with E-state index < -0.39 is 9.84 Å². The van der Waals surface area contributed by atoms with Crippen LogP contribution in [0.15, 0.2) is 29.3 Å². The Morgan fingerprint density at radius 3 is 2.74 bits per heavy atom. The molecule has 0 fully saturated rings. The molecule has 1 aromatic carbocycles. The maximum absolute atomic E-state index is 12.3. The van der Waals surface area contributed by atoms with E-state index in [0.717, 1.165) is 0 Å². The fraction of sp³-hybridized carbons (Fsp3) is 0.273. The summed E-state index contributed by atoms with van der Waals surface area (Å²) in [7, 11) is -0.483. The molecule has 1 aromatic heterocycles. The van der Waals surface area contributed by atoms with Crippen LogP contribution in [-0.4, -0.2) is 30.5 Å². The van der Waals surface area contributed by atoms with Crippen LogP contribution in [-0.2, 0) is 22.6 Å². The van der Waals surface area contributed by atoms with Gasteiger partial charge in [-0.3, -0.25) is 4.68 Å². The van der Waals surface area contributed by atoms with E-state index in [1.165, 1.54) is 30.0 Å². The number of aromatic nitrogens is 3. The van der Waals surface area contributed by atoms with Crippen LogP contribution in [0.2, 0.25) is 0 Å². The molecule has 0 spiro atoms. The summed E-state index contributed by atoms with van der Waals surface area (Å²) >= 11 is 0. The second kappa shape index (κ2) is 4.88. The smallest absolute Gasteiger partial charge is 0.187 e. The first kappa shape index (κ1) is 13.3. The van der Waals surface area contributed by atoms with Gasteiger partial charge < -0.3 is 10.5 Å². The number of rotatable bonds is 4. The van der Waals surface area contributed by atoms with Crippen molar-refractivity contribution in [3.63, 3.8) is 0 Å². The van der Waals surface area contributed by atoms with Gasteiger partial charge in [0.25, 0.3) is 0 Å². The molecule has 19 heavy (non-hydrogen) atoms. The van der Waals surface area contributed by atoms with E-state index in [9.17, 15) is 8.42 Å². The summed E-state index contributed by atoms with van der Waals surface area (Å²) in [5.41, 5.74) is 6.42. The molecule has 0 atom stereocenters. The summed E-state index contributed by atoms with van der Waals surface area (Å²) in [6, 6.07) is 4.43. The van der Waals surface area contributed by atoms with Crippen LogP contribution in [0.3, 0.4) is 0 Å². The van der Waals surface area contributed by atoms with Crippen molar-refractivity contribution in [1.82, 2.24) is 15.0 Å².